The Kier molecular flexibility index (Phi) is 10.1. The van der Waals surface area contributed by atoms with E-state index < -0.39 is 12.4 Å². The number of hydrogen-bond donors (Lipinski definition) is 1. The molecule has 1 N–H and O–H groups in total. The largest absolute Gasteiger partial charge is 0.573 e. The van der Waals surface area contributed by atoms with Gasteiger partial charge in [0.25, 0.3) is 0 Å². The summed E-state index contributed by atoms with van der Waals surface area (Å²) in [5, 5.41) is 7.68. The predicted octanol–water partition coefficient (Wildman–Crippen LogP) is 7.90. The average Bonchev–Trinajstić information content (AvgIpc) is 3.64. The number of benzene rings is 3. The number of aromatic nitrogens is 3. The van der Waals surface area contributed by atoms with Crippen LogP contribution in [0.15, 0.2) is 84.1 Å². The van der Waals surface area contributed by atoms with Crippen LogP contribution in [0.4, 0.5) is 23.7 Å². The molecule has 244 valence electrons. The first-order valence-electron chi connectivity index (χ1n) is 14.9. The molecule has 5 rings (SSSR count). The first-order valence-corrected chi connectivity index (χ1v) is 15.8. The van der Waals surface area contributed by atoms with Gasteiger partial charge in [-0.1, -0.05) is 74.2 Å². The van der Waals surface area contributed by atoms with Crippen molar-refractivity contribution in [3.8, 4) is 22.8 Å². The van der Waals surface area contributed by atoms with Crippen molar-refractivity contribution in [1.82, 2.24) is 20.1 Å². The molecule has 2 heterocycles. The van der Waals surface area contributed by atoms with Gasteiger partial charge in [0.05, 0.1) is 17.1 Å². The summed E-state index contributed by atoms with van der Waals surface area (Å²) >= 11 is 1.25. The topological polar surface area (TPSA) is 102 Å². The van der Waals surface area contributed by atoms with Crippen molar-refractivity contribution in [3.05, 3.63) is 95.8 Å². The lowest BCUT2D eigenvalue weighted by molar-refractivity contribution is -0.274. The number of thioether (sulfide) groups is 1. The number of carbonyl (C=O) groups is 2. The molecule has 1 atom stereocenters. The maximum Gasteiger partial charge on any atom is 0.573 e. The zero-order valence-electron chi connectivity index (χ0n) is 26.2. The highest BCUT2D eigenvalue weighted by Gasteiger charge is 2.33. The second-order valence-corrected chi connectivity index (χ2v) is 12.2. The molecule has 47 heavy (non-hydrogen) atoms. The van der Waals surface area contributed by atoms with Crippen molar-refractivity contribution in [3.63, 3.8) is 0 Å². The summed E-state index contributed by atoms with van der Waals surface area (Å²) in [5.74, 6) is 0.458. The highest BCUT2D eigenvalue weighted by atomic mass is 32.2. The molecule has 9 nitrogen and oxygen atoms in total. The van der Waals surface area contributed by atoms with Crippen molar-refractivity contribution in [2.45, 2.75) is 52.4 Å². The van der Waals surface area contributed by atoms with Gasteiger partial charge in [-0.05, 0) is 73.2 Å². The monoisotopic (exact) mass is 662 g/mol. The minimum Gasteiger partial charge on any atom is -0.406 e. The smallest absolute Gasteiger partial charge is 0.406 e. The molecule has 13 heteroatoms. The fraction of sp³-hybridized carbons (Fsp3) is 0.265. The van der Waals surface area contributed by atoms with E-state index >= 15 is 0 Å². The Morgan fingerprint density at radius 2 is 1.81 bits per heavy atom. The van der Waals surface area contributed by atoms with Crippen LogP contribution in [0.1, 0.15) is 49.8 Å². The second kappa shape index (κ2) is 14.2. The van der Waals surface area contributed by atoms with Crippen LogP contribution >= 0.6 is 11.8 Å². The lowest BCUT2D eigenvalue weighted by Crippen LogP contribution is -2.34. The Labute approximate surface area is 274 Å². The number of alkyl halides is 3. The number of amidine groups is 1. The molecule has 4 aromatic rings. The molecule has 1 aliphatic heterocycles. The van der Waals surface area contributed by atoms with Crippen LogP contribution in [-0.4, -0.2) is 50.0 Å². The summed E-state index contributed by atoms with van der Waals surface area (Å²) in [6, 6.07) is 18.2. The Morgan fingerprint density at radius 3 is 2.49 bits per heavy atom. The third-order valence-corrected chi connectivity index (χ3v) is 8.10. The molecule has 1 saturated heterocycles. The molecule has 0 radical (unpaired) electrons. The lowest BCUT2D eigenvalue weighted by Gasteiger charge is -2.22. The number of aryl methyl sites for hydroxylation is 1. The number of aliphatic imine (C=N–C) groups is 1. The number of nitrogens with zero attached hydrogens (tertiary/aromatic N) is 5. The van der Waals surface area contributed by atoms with Crippen molar-refractivity contribution in [2.75, 3.05) is 10.7 Å². The number of rotatable bonds is 9. The van der Waals surface area contributed by atoms with Crippen LogP contribution in [0, 0.1) is 6.92 Å². The maximum absolute atomic E-state index is 12.8. The lowest BCUT2D eigenvalue weighted by atomic mass is 9.99. The van der Waals surface area contributed by atoms with Gasteiger partial charge in [0, 0.05) is 11.6 Å². The molecule has 3 amide bonds. The molecular weight excluding hydrogens is 629 g/mol. The van der Waals surface area contributed by atoms with Crippen molar-refractivity contribution in [1.29, 1.82) is 0 Å². The Morgan fingerprint density at radius 1 is 1.09 bits per heavy atom. The van der Waals surface area contributed by atoms with Gasteiger partial charge in [0.2, 0.25) is 5.91 Å². The van der Waals surface area contributed by atoms with Gasteiger partial charge in [-0.25, -0.2) is 14.5 Å². The van der Waals surface area contributed by atoms with Crippen LogP contribution in [0.25, 0.3) is 23.2 Å². The maximum atomic E-state index is 12.8. The summed E-state index contributed by atoms with van der Waals surface area (Å²) in [4.78, 5) is 35.7. The third-order valence-electron chi connectivity index (χ3n) is 7.18. The number of urea groups is 1. The molecule has 0 bridgehead atoms. The minimum absolute atomic E-state index is 0.103. The van der Waals surface area contributed by atoms with Gasteiger partial charge in [0.15, 0.2) is 11.0 Å². The number of ether oxygens (including phenoxy) is 1. The van der Waals surface area contributed by atoms with Crippen molar-refractivity contribution < 1.29 is 27.5 Å². The molecule has 0 saturated carbocycles. The van der Waals surface area contributed by atoms with E-state index in [1.807, 2.05) is 68.5 Å². The van der Waals surface area contributed by atoms with Crippen molar-refractivity contribution >= 4 is 40.6 Å². The quantitative estimate of drug-likeness (QED) is 0.196. The fourth-order valence-corrected chi connectivity index (χ4v) is 5.74. The Bertz CT molecular complexity index is 1800. The molecule has 0 aliphatic carbocycles. The first-order chi connectivity index (χ1) is 22.4. The number of anilines is 1. The number of amides is 3. The van der Waals surface area contributed by atoms with Gasteiger partial charge >= 0.3 is 12.4 Å². The van der Waals surface area contributed by atoms with Crippen LogP contribution in [0.5, 0.6) is 5.75 Å². The Hall–Kier alpha value is -4.91. The minimum atomic E-state index is -4.76. The predicted molar refractivity (Wildman–Crippen MR) is 178 cm³/mol. The van der Waals surface area contributed by atoms with Crippen LogP contribution in [0.2, 0.25) is 0 Å². The fourth-order valence-electron chi connectivity index (χ4n) is 4.88. The molecule has 3 aromatic carbocycles. The second-order valence-electron chi connectivity index (χ2n) is 11.3. The number of halogens is 3. The van der Waals surface area contributed by atoms with E-state index in [0.29, 0.717) is 23.1 Å². The van der Waals surface area contributed by atoms with Crippen LogP contribution in [-0.2, 0) is 4.79 Å². The van der Waals surface area contributed by atoms with E-state index in [2.05, 4.69) is 39.0 Å². The van der Waals surface area contributed by atoms with E-state index in [1.54, 1.807) is 4.90 Å². The SMILES string of the molecule is Cc1ccc(C(C)C)c(N2C(=O)CS/C2=N\C(=O)NC(C)C/C=C\c2ccc(-c3ncn(-c4ccc(OC(F)(F)F)cc4)n3)cc2)c1. The van der Waals surface area contributed by atoms with Gasteiger partial charge in [-0.3, -0.25) is 9.69 Å². The Balaban J connectivity index is 1.16. The van der Waals surface area contributed by atoms with Gasteiger partial charge in [-0.15, -0.1) is 18.3 Å². The van der Waals surface area contributed by atoms with E-state index in [1.165, 1.54) is 47.0 Å². The third kappa shape index (κ3) is 8.67. The van der Waals surface area contributed by atoms with Crippen LogP contribution < -0.4 is 15.0 Å². The zero-order valence-corrected chi connectivity index (χ0v) is 27.0. The van der Waals surface area contributed by atoms with Gasteiger partial charge in [0.1, 0.15) is 12.1 Å². The summed E-state index contributed by atoms with van der Waals surface area (Å²) in [6.07, 6.45) is 1.17. The molecule has 0 spiro atoms. The first kappa shape index (κ1) is 33.5. The normalized spacial score (nSPS) is 15.2. The van der Waals surface area contributed by atoms with E-state index in [-0.39, 0.29) is 29.4 Å². The molecule has 1 aliphatic rings. The highest BCUT2D eigenvalue weighted by molar-refractivity contribution is 8.15. The summed E-state index contributed by atoms with van der Waals surface area (Å²) in [6.45, 7) is 7.98. The molecule has 1 unspecified atom stereocenters. The highest BCUT2D eigenvalue weighted by Crippen LogP contribution is 2.34. The van der Waals surface area contributed by atoms with Gasteiger partial charge < -0.3 is 10.1 Å². The van der Waals surface area contributed by atoms with Crippen LogP contribution in [0.3, 0.4) is 0 Å². The average molecular weight is 663 g/mol. The zero-order chi connectivity index (χ0) is 33.7. The summed E-state index contributed by atoms with van der Waals surface area (Å²) in [7, 11) is 0. The van der Waals surface area contributed by atoms with Gasteiger partial charge in [-0.2, -0.15) is 4.99 Å². The number of hydrogen-bond acceptors (Lipinski definition) is 6. The standard InChI is InChI=1S/C34H33F3N6O3S/c1-21(2)28-17-8-22(3)18-29(28)43-30(44)19-47-33(43)40-32(45)39-23(4)6-5-7-24-9-11-25(12-10-24)31-38-20-42(41-31)26-13-15-27(16-14-26)46-34(35,36)37/h5,7-18,20-21,23H,6,19H2,1-4H3,(H,39,45)/b7-5-,40-33-. The van der Waals surface area contributed by atoms with Crippen molar-refractivity contribution in [2.24, 2.45) is 4.99 Å². The number of nitrogens with one attached hydrogen (secondary N) is 1. The molecular formula is C34H33F3N6O3S. The molecule has 1 fully saturated rings. The van der Waals surface area contributed by atoms with E-state index in [0.717, 1.165) is 27.9 Å². The summed E-state index contributed by atoms with van der Waals surface area (Å²) in [5.41, 5.74) is 5.03. The van der Waals surface area contributed by atoms with E-state index in [9.17, 15) is 22.8 Å². The number of carbonyl (C=O) groups excluding carboxylic acids is 2. The molecule has 1 aromatic heterocycles. The summed E-state index contributed by atoms with van der Waals surface area (Å²) < 4.78 is 42.6. The van der Waals surface area contributed by atoms with E-state index in [4.69, 9.17) is 0 Å².